The number of rotatable bonds is 2. The first-order valence-corrected chi connectivity index (χ1v) is 5.89. The minimum absolute atomic E-state index is 0.606. The molecule has 0 heteroatoms. The molecule has 0 bridgehead atoms. The van der Waals surface area contributed by atoms with E-state index in [-0.39, 0.29) is 0 Å². The zero-order valence-electron chi connectivity index (χ0n) is 10.2. The predicted octanol–water partition coefficient (Wildman–Crippen LogP) is 4.54. The van der Waals surface area contributed by atoms with E-state index in [1.165, 1.54) is 23.1 Å². The topological polar surface area (TPSA) is 0 Å². The van der Waals surface area contributed by atoms with E-state index in [4.69, 9.17) is 0 Å². The minimum atomic E-state index is 0.606. The lowest BCUT2D eigenvalue weighted by atomic mass is 9.96. The molecule has 0 aliphatic heterocycles. The van der Waals surface area contributed by atoms with Gasteiger partial charge in [-0.1, -0.05) is 50.6 Å². The van der Waals surface area contributed by atoms with Crippen molar-refractivity contribution in [1.82, 2.24) is 0 Å². The van der Waals surface area contributed by atoms with Gasteiger partial charge in [0.2, 0.25) is 0 Å². The highest BCUT2D eigenvalue weighted by molar-refractivity contribution is 5.75. The quantitative estimate of drug-likeness (QED) is 0.657. The van der Waals surface area contributed by atoms with Crippen LogP contribution in [0.15, 0.2) is 24.3 Å². The summed E-state index contributed by atoms with van der Waals surface area (Å²) in [5.74, 6) is 1.35. The fourth-order valence-electron chi connectivity index (χ4n) is 2.44. The first kappa shape index (κ1) is 10.5. The molecular formula is C15H20. The number of hydrogen-bond acceptors (Lipinski definition) is 0. The molecule has 1 aliphatic carbocycles. The lowest BCUT2D eigenvalue weighted by Crippen LogP contribution is -1.91. The molecule has 0 amide bonds. The number of allylic oxidation sites excluding steroid dienone is 2. The average molecular weight is 200 g/mol. The van der Waals surface area contributed by atoms with Gasteiger partial charge in [-0.3, -0.25) is 0 Å². The maximum atomic E-state index is 2.43. The summed E-state index contributed by atoms with van der Waals surface area (Å²) in [6.45, 7) is 9.05. The third kappa shape index (κ3) is 1.99. The summed E-state index contributed by atoms with van der Waals surface area (Å²) in [5.41, 5.74) is 5.93. The van der Waals surface area contributed by atoms with Gasteiger partial charge in [-0.2, -0.15) is 0 Å². The normalized spacial score (nSPS) is 19.3. The van der Waals surface area contributed by atoms with Crippen LogP contribution in [0, 0.1) is 12.8 Å². The van der Waals surface area contributed by atoms with Crippen molar-refractivity contribution in [2.45, 2.75) is 40.0 Å². The Balaban J connectivity index is 2.39. The van der Waals surface area contributed by atoms with Gasteiger partial charge >= 0.3 is 0 Å². The Morgan fingerprint density at radius 3 is 2.67 bits per heavy atom. The maximum absolute atomic E-state index is 2.43. The molecule has 0 nitrogen and oxygen atoms in total. The van der Waals surface area contributed by atoms with E-state index in [1.54, 1.807) is 5.57 Å². The molecular weight excluding hydrogens is 180 g/mol. The van der Waals surface area contributed by atoms with Crippen molar-refractivity contribution in [2.75, 3.05) is 0 Å². The molecule has 1 atom stereocenters. The van der Waals surface area contributed by atoms with E-state index in [2.05, 4.69) is 52.0 Å². The molecule has 0 fully saturated rings. The second-order valence-corrected chi connectivity index (χ2v) is 5.17. The Morgan fingerprint density at radius 1 is 1.27 bits per heavy atom. The zero-order valence-corrected chi connectivity index (χ0v) is 10.2. The van der Waals surface area contributed by atoms with Crippen molar-refractivity contribution in [3.8, 4) is 0 Å². The van der Waals surface area contributed by atoms with Crippen molar-refractivity contribution in [3.05, 3.63) is 41.0 Å². The largest absolute Gasteiger partial charge is 0.0734 e. The molecule has 0 N–H and O–H groups in total. The van der Waals surface area contributed by atoms with Gasteiger partial charge in [0.25, 0.3) is 0 Å². The molecule has 0 saturated heterocycles. The SMILES string of the molecule is Cc1ccc2c(c1)C(CC(C)C)=CC2C. The van der Waals surface area contributed by atoms with E-state index in [0.717, 1.165) is 5.92 Å². The van der Waals surface area contributed by atoms with Gasteiger partial charge in [-0.15, -0.1) is 0 Å². The van der Waals surface area contributed by atoms with E-state index in [9.17, 15) is 0 Å². The van der Waals surface area contributed by atoms with E-state index in [0.29, 0.717) is 5.92 Å². The van der Waals surface area contributed by atoms with Crippen LogP contribution in [0.2, 0.25) is 0 Å². The van der Waals surface area contributed by atoms with Gasteiger partial charge in [0.05, 0.1) is 0 Å². The highest BCUT2D eigenvalue weighted by Crippen LogP contribution is 2.38. The molecule has 2 rings (SSSR count). The van der Waals surface area contributed by atoms with Crippen LogP contribution >= 0.6 is 0 Å². The molecule has 0 heterocycles. The van der Waals surface area contributed by atoms with Gasteiger partial charge in [0, 0.05) is 5.92 Å². The fourth-order valence-corrected chi connectivity index (χ4v) is 2.44. The molecule has 0 aromatic heterocycles. The van der Waals surface area contributed by atoms with Gasteiger partial charge < -0.3 is 0 Å². The summed E-state index contributed by atoms with van der Waals surface area (Å²) < 4.78 is 0. The van der Waals surface area contributed by atoms with E-state index in [1.807, 2.05) is 0 Å². The zero-order chi connectivity index (χ0) is 11.0. The molecule has 15 heavy (non-hydrogen) atoms. The van der Waals surface area contributed by atoms with Crippen molar-refractivity contribution >= 4 is 5.57 Å². The van der Waals surface area contributed by atoms with Crippen molar-refractivity contribution in [3.63, 3.8) is 0 Å². The summed E-state index contributed by atoms with van der Waals surface area (Å²) in [4.78, 5) is 0. The highest BCUT2D eigenvalue weighted by atomic mass is 14.2. The Hall–Kier alpha value is -1.04. The lowest BCUT2D eigenvalue weighted by Gasteiger charge is -2.09. The first-order valence-electron chi connectivity index (χ1n) is 5.89. The molecule has 1 aromatic rings. The molecule has 0 saturated carbocycles. The van der Waals surface area contributed by atoms with Crippen LogP contribution in [0.1, 0.15) is 49.8 Å². The summed E-state index contributed by atoms with van der Waals surface area (Å²) in [6.07, 6.45) is 3.64. The third-order valence-electron chi connectivity index (χ3n) is 3.12. The van der Waals surface area contributed by atoms with Gasteiger partial charge in [0.1, 0.15) is 0 Å². The molecule has 1 aliphatic rings. The number of fused-ring (bicyclic) bond motifs is 1. The van der Waals surface area contributed by atoms with Crippen LogP contribution in [0.25, 0.3) is 5.57 Å². The van der Waals surface area contributed by atoms with Crippen molar-refractivity contribution in [1.29, 1.82) is 0 Å². The predicted molar refractivity (Wildman–Crippen MR) is 67.0 cm³/mol. The second-order valence-electron chi connectivity index (χ2n) is 5.17. The molecule has 80 valence electrons. The molecule has 1 unspecified atom stereocenters. The van der Waals surface area contributed by atoms with Gasteiger partial charge in [0.15, 0.2) is 0 Å². The smallest absolute Gasteiger partial charge is 0.000163 e. The van der Waals surface area contributed by atoms with E-state index >= 15 is 0 Å². The van der Waals surface area contributed by atoms with Crippen molar-refractivity contribution < 1.29 is 0 Å². The van der Waals surface area contributed by atoms with Crippen LogP contribution in [-0.4, -0.2) is 0 Å². The van der Waals surface area contributed by atoms with Crippen molar-refractivity contribution in [2.24, 2.45) is 5.92 Å². The van der Waals surface area contributed by atoms with E-state index < -0.39 is 0 Å². The summed E-state index contributed by atoms with van der Waals surface area (Å²) in [6, 6.07) is 6.85. The summed E-state index contributed by atoms with van der Waals surface area (Å²) in [5, 5.41) is 0. The van der Waals surface area contributed by atoms with Crippen LogP contribution < -0.4 is 0 Å². The fraction of sp³-hybridized carbons (Fsp3) is 0.467. The Morgan fingerprint density at radius 2 is 2.00 bits per heavy atom. The van der Waals surface area contributed by atoms with Crippen LogP contribution in [-0.2, 0) is 0 Å². The van der Waals surface area contributed by atoms with Crippen LogP contribution in [0.5, 0.6) is 0 Å². The number of benzene rings is 1. The molecule has 0 spiro atoms. The van der Waals surface area contributed by atoms with Gasteiger partial charge in [-0.05, 0) is 36.0 Å². The number of hydrogen-bond donors (Lipinski definition) is 0. The number of aryl methyl sites for hydroxylation is 1. The second kappa shape index (κ2) is 3.84. The first-order chi connectivity index (χ1) is 7.08. The molecule has 0 radical (unpaired) electrons. The lowest BCUT2D eigenvalue weighted by molar-refractivity contribution is 0.674. The highest BCUT2D eigenvalue weighted by Gasteiger charge is 2.20. The van der Waals surface area contributed by atoms with Crippen LogP contribution in [0.3, 0.4) is 0 Å². The Kier molecular flexibility index (Phi) is 2.68. The van der Waals surface area contributed by atoms with Crippen LogP contribution in [0.4, 0.5) is 0 Å². The Labute approximate surface area is 93.0 Å². The summed E-state index contributed by atoms with van der Waals surface area (Å²) >= 11 is 0. The van der Waals surface area contributed by atoms with Gasteiger partial charge in [-0.25, -0.2) is 0 Å². The summed E-state index contributed by atoms with van der Waals surface area (Å²) in [7, 11) is 0. The maximum Gasteiger partial charge on any atom is 0.000163 e. The molecule has 1 aromatic carbocycles. The third-order valence-corrected chi connectivity index (χ3v) is 3.12. The standard InChI is InChI=1S/C15H20/c1-10(2)7-13-9-12(4)14-6-5-11(3)8-15(13)14/h5-6,8-10,12H,7H2,1-4H3. The minimum Gasteiger partial charge on any atom is -0.0734 e. The monoisotopic (exact) mass is 200 g/mol. The Bertz CT molecular complexity index is 396. The average Bonchev–Trinajstić information content (AvgIpc) is 2.42.